The molecule has 2 aromatic carbocycles. The number of carbonyl (C=O) groups is 1. The fourth-order valence-electron chi connectivity index (χ4n) is 8.59. The first-order chi connectivity index (χ1) is 19.3. The third kappa shape index (κ3) is 5.36. The number of carbonyl (C=O) groups excluding carboxylic acids is 1. The predicted octanol–water partition coefficient (Wildman–Crippen LogP) is 8.42. The van der Waals surface area contributed by atoms with E-state index >= 15 is 0 Å². The van der Waals surface area contributed by atoms with Crippen molar-refractivity contribution in [3.8, 4) is 11.3 Å². The van der Waals surface area contributed by atoms with Gasteiger partial charge in [-0.2, -0.15) is 5.10 Å². The fraction of sp³-hybridized carbons (Fsp3) is 0.543. The van der Waals surface area contributed by atoms with E-state index in [-0.39, 0.29) is 23.3 Å². The highest BCUT2D eigenvalue weighted by Gasteiger charge is 2.48. The standard InChI is InChI=1S/C35H44ClN3O/c1-4-25-18-27-17-23(2)19-35(20-25,21-27)24(3)37-34(40)31-12-8-11-30-32(31)38-39(22-26-9-6-5-7-10-26)33(30)28-13-15-29(36)16-14-28/h5-7,9-10,13-16,23-25,27,31H,4,8,11-12,17-22H2,1-3H3,(H,37,40). The number of halogens is 1. The average Bonchev–Trinajstić information content (AvgIpc) is 3.31. The fourth-order valence-corrected chi connectivity index (χ4v) is 8.72. The Morgan fingerprint density at radius 2 is 1.88 bits per heavy atom. The number of rotatable bonds is 7. The lowest BCUT2D eigenvalue weighted by molar-refractivity contribution is -0.126. The van der Waals surface area contributed by atoms with E-state index in [1.807, 2.05) is 18.2 Å². The Kier molecular flexibility index (Phi) is 7.83. The molecule has 0 saturated heterocycles. The van der Waals surface area contributed by atoms with Gasteiger partial charge in [0, 0.05) is 22.2 Å². The summed E-state index contributed by atoms with van der Waals surface area (Å²) >= 11 is 6.25. The van der Waals surface area contributed by atoms with Crippen molar-refractivity contribution < 1.29 is 4.79 Å². The Morgan fingerprint density at radius 1 is 1.10 bits per heavy atom. The van der Waals surface area contributed by atoms with Crippen LogP contribution in [0.1, 0.15) is 94.9 Å². The molecule has 3 aliphatic rings. The maximum Gasteiger partial charge on any atom is 0.229 e. The molecule has 0 radical (unpaired) electrons. The number of nitrogens with zero attached hydrogens (tertiary/aromatic N) is 2. The van der Waals surface area contributed by atoms with Gasteiger partial charge in [-0.1, -0.05) is 74.3 Å². The lowest BCUT2D eigenvalue weighted by atomic mass is 9.54. The molecule has 5 heteroatoms. The van der Waals surface area contributed by atoms with Crippen LogP contribution in [-0.4, -0.2) is 21.7 Å². The Bertz CT molecular complexity index is 1330. The number of aromatic nitrogens is 2. The van der Waals surface area contributed by atoms with Crippen LogP contribution in [0.5, 0.6) is 0 Å². The van der Waals surface area contributed by atoms with Crippen molar-refractivity contribution in [2.75, 3.05) is 0 Å². The van der Waals surface area contributed by atoms with Gasteiger partial charge in [0.15, 0.2) is 0 Å². The molecule has 0 spiro atoms. The molecule has 2 fully saturated rings. The highest BCUT2D eigenvalue weighted by molar-refractivity contribution is 6.30. The van der Waals surface area contributed by atoms with Gasteiger partial charge >= 0.3 is 0 Å². The summed E-state index contributed by atoms with van der Waals surface area (Å²) in [7, 11) is 0. The molecule has 0 aliphatic heterocycles. The first-order valence-corrected chi connectivity index (χ1v) is 15.9. The molecular formula is C35H44ClN3O. The molecule has 2 bridgehead atoms. The summed E-state index contributed by atoms with van der Waals surface area (Å²) < 4.78 is 2.12. The lowest BCUT2D eigenvalue weighted by Crippen LogP contribution is -2.53. The van der Waals surface area contributed by atoms with Crippen LogP contribution in [0.25, 0.3) is 11.3 Å². The van der Waals surface area contributed by atoms with Gasteiger partial charge in [0.2, 0.25) is 5.91 Å². The number of nitrogens with one attached hydrogen (secondary N) is 1. The lowest BCUT2D eigenvalue weighted by Gasteiger charge is -2.53. The largest absolute Gasteiger partial charge is 0.353 e. The molecule has 6 unspecified atom stereocenters. The predicted molar refractivity (Wildman–Crippen MR) is 163 cm³/mol. The molecule has 1 N–H and O–H groups in total. The van der Waals surface area contributed by atoms with Gasteiger partial charge in [0.25, 0.3) is 0 Å². The van der Waals surface area contributed by atoms with E-state index in [1.54, 1.807) is 0 Å². The molecule has 6 rings (SSSR count). The van der Waals surface area contributed by atoms with Gasteiger partial charge in [0.05, 0.1) is 23.9 Å². The SMILES string of the molecule is CCC1CC2CC(C)CC(C(C)NC(=O)C3CCCc4c3nn(Cc3ccccc3)c4-c3ccc(Cl)cc3)(C1)C2. The third-order valence-corrected chi connectivity index (χ3v) is 10.6. The minimum atomic E-state index is -0.201. The molecule has 1 aromatic heterocycles. The van der Waals surface area contributed by atoms with Gasteiger partial charge in [-0.05, 0) is 99.2 Å². The Balaban J connectivity index is 1.30. The molecular weight excluding hydrogens is 514 g/mol. The van der Waals surface area contributed by atoms with E-state index in [1.165, 1.54) is 49.7 Å². The van der Waals surface area contributed by atoms with Gasteiger partial charge in [-0.15, -0.1) is 0 Å². The molecule has 3 aromatic rings. The summed E-state index contributed by atoms with van der Waals surface area (Å²) in [5.41, 5.74) is 5.87. The summed E-state index contributed by atoms with van der Waals surface area (Å²) in [5.74, 6) is 2.32. The minimum Gasteiger partial charge on any atom is -0.353 e. The van der Waals surface area contributed by atoms with E-state index in [2.05, 4.69) is 67.2 Å². The molecule has 6 atom stereocenters. The topological polar surface area (TPSA) is 46.9 Å². The second kappa shape index (κ2) is 11.4. The van der Waals surface area contributed by atoms with Crippen LogP contribution in [0.2, 0.25) is 5.02 Å². The van der Waals surface area contributed by atoms with E-state index < -0.39 is 0 Å². The normalized spacial score (nSPS) is 28.5. The molecule has 40 heavy (non-hydrogen) atoms. The van der Waals surface area contributed by atoms with Crippen molar-refractivity contribution in [3.05, 3.63) is 76.4 Å². The van der Waals surface area contributed by atoms with Crippen LogP contribution in [0, 0.1) is 23.2 Å². The van der Waals surface area contributed by atoms with Crippen molar-refractivity contribution in [1.29, 1.82) is 0 Å². The van der Waals surface area contributed by atoms with Crippen LogP contribution in [0.3, 0.4) is 0 Å². The Morgan fingerprint density at radius 3 is 2.62 bits per heavy atom. The molecule has 1 amide bonds. The Labute approximate surface area is 244 Å². The summed E-state index contributed by atoms with van der Waals surface area (Å²) in [5, 5.41) is 9.51. The monoisotopic (exact) mass is 557 g/mol. The molecule has 4 nitrogen and oxygen atoms in total. The molecule has 1 heterocycles. The van der Waals surface area contributed by atoms with Crippen LogP contribution in [0.4, 0.5) is 0 Å². The van der Waals surface area contributed by atoms with Gasteiger partial charge in [-0.25, -0.2) is 0 Å². The van der Waals surface area contributed by atoms with Gasteiger partial charge in [0.1, 0.15) is 0 Å². The highest BCUT2D eigenvalue weighted by atomic mass is 35.5. The number of hydrogen-bond donors (Lipinski definition) is 1. The Hall–Kier alpha value is -2.59. The van der Waals surface area contributed by atoms with Crippen LogP contribution < -0.4 is 5.32 Å². The average molecular weight is 558 g/mol. The minimum absolute atomic E-state index is 0.170. The van der Waals surface area contributed by atoms with Crippen molar-refractivity contribution in [1.82, 2.24) is 15.1 Å². The van der Waals surface area contributed by atoms with E-state index in [0.29, 0.717) is 6.54 Å². The van der Waals surface area contributed by atoms with Gasteiger partial charge < -0.3 is 5.32 Å². The van der Waals surface area contributed by atoms with Crippen molar-refractivity contribution >= 4 is 17.5 Å². The summed E-state index contributed by atoms with van der Waals surface area (Å²) in [6, 6.07) is 18.7. The van der Waals surface area contributed by atoms with Crippen LogP contribution >= 0.6 is 11.6 Å². The number of amides is 1. The van der Waals surface area contributed by atoms with Gasteiger partial charge in [-0.3, -0.25) is 9.48 Å². The van der Waals surface area contributed by atoms with E-state index in [9.17, 15) is 4.79 Å². The van der Waals surface area contributed by atoms with Crippen molar-refractivity contribution in [2.24, 2.45) is 23.2 Å². The maximum atomic E-state index is 14.1. The summed E-state index contributed by atoms with van der Waals surface area (Å²) in [4.78, 5) is 14.1. The maximum absolute atomic E-state index is 14.1. The molecule has 2 saturated carbocycles. The van der Waals surface area contributed by atoms with Crippen molar-refractivity contribution in [3.63, 3.8) is 0 Å². The van der Waals surface area contributed by atoms with Crippen molar-refractivity contribution in [2.45, 2.75) is 97.1 Å². The first kappa shape index (κ1) is 27.6. The molecule has 212 valence electrons. The van der Waals surface area contributed by atoms with Crippen LogP contribution in [-0.2, 0) is 17.8 Å². The molecule has 3 aliphatic carbocycles. The zero-order chi connectivity index (χ0) is 27.9. The van der Waals surface area contributed by atoms with E-state index in [0.717, 1.165) is 59.0 Å². The van der Waals surface area contributed by atoms with Crippen LogP contribution in [0.15, 0.2) is 54.6 Å². The third-order valence-electron chi connectivity index (χ3n) is 10.3. The first-order valence-electron chi connectivity index (χ1n) is 15.5. The number of benzene rings is 2. The van der Waals surface area contributed by atoms with E-state index in [4.69, 9.17) is 16.7 Å². The second-order valence-corrected chi connectivity index (χ2v) is 13.7. The second-order valence-electron chi connectivity index (χ2n) is 13.2. The number of fused-ring (bicyclic) bond motifs is 3. The number of hydrogen-bond acceptors (Lipinski definition) is 2. The zero-order valence-electron chi connectivity index (χ0n) is 24.3. The smallest absolute Gasteiger partial charge is 0.229 e. The quantitative estimate of drug-likeness (QED) is 0.317. The summed E-state index contributed by atoms with van der Waals surface area (Å²) in [6.07, 6.45) is 10.6. The highest BCUT2D eigenvalue weighted by Crippen LogP contribution is 2.55. The summed E-state index contributed by atoms with van der Waals surface area (Å²) in [6.45, 7) is 7.74. The zero-order valence-corrected chi connectivity index (χ0v) is 25.1.